The number of fused-ring (bicyclic) bond motifs is 1. The zero-order chi connectivity index (χ0) is 35.5. The number of aliphatic carboxylic acids is 1. The zero-order valence-electron chi connectivity index (χ0n) is 28.5. The highest BCUT2D eigenvalue weighted by molar-refractivity contribution is 5.89. The number of aromatic nitrogens is 1. The van der Waals surface area contributed by atoms with Crippen LogP contribution in [-0.4, -0.2) is 72.4 Å². The van der Waals surface area contributed by atoms with Gasteiger partial charge in [0, 0.05) is 56.3 Å². The van der Waals surface area contributed by atoms with Gasteiger partial charge in [-0.3, -0.25) is 4.79 Å². The Morgan fingerprint density at radius 1 is 1.10 bits per heavy atom. The predicted molar refractivity (Wildman–Crippen MR) is 178 cm³/mol. The van der Waals surface area contributed by atoms with E-state index in [4.69, 9.17) is 9.47 Å². The van der Waals surface area contributed by atoms with Crippen molar-refractivity contribution in [3.05, 3.63) is 83.0 Å². The van der Waals surface area contributed by atoms with Crippen molar-refractivity contribution in [2.75, 3.05) is 26.1 Å². The van der Waals surface area contributed by atoms with E-state index in [1.54, 1.807) is 30.5 Å². The molecule has 1 saturated heterocycles. The standard InChI is InChI=1S/C37H43F3N4O5/c1-35(2,3)28-29(42-20-22-18-23(13-14-25(22)48-6)36(15-16-36)37(38,39)40)30(24-11-9-17-41-32(24)43(4)5)44(31(28)34(46)47)33(45)27-19-21-10-7-8-12-26(21)49-27/h7-14,17-18,27-31,42H,15-16,19-20H2,1-6H3,(H,46,47)/t27-,28-,29-,30-,31-/m0/s1. The number of carboxylic acids is 1. The molecule has 3 aromatic rings. The first kappa shape index (κ1) is 34.5. The second-order valence-electron chi connectivity index (χ2n) is 14.6. The summed E-state index contributed by atoms with van der Waals surface area (Å²) in [5.74, 6) is -0.703. The molecule has 5 atom stereocenters. The molecule has 12 heteroatoms. The smallest absolute Gasteiger partial charge is 0.398 e. The van der Waals surface area contributed by atoms with Gasteiger partial charge in [-0.15, -0.1) is 0 Å². The topological polar surface area (TPSA) is 104 Å². The Balaban J connectivity index is 1.46. The molecule has 1 aliphatic carbocycles. The van der Waals surface area contributed by atoms with Gasteiger partial charge in [-0.2, -0.15) is 13.2 Å². The number of rotatable bonds is 9. The largest absolute Gasteiger partial charge is 0.496 e. The number of pyridine rings is 1. The molecule has 1 aromatic heterocycles. The van der Waals surface area contributed by atoms with Gasteiger partial charge in [-0.1, -0.05) is 51.1 Å². The lowest BCUT2D eigenvalue weighted by Gasteiger charge is -2.35. The van der Waals surface area contributed by atoms with Crippen molar-refractivity contribution in [2.45, 2.75) is 82.4 Å². The van der Waals surface area contributed by atoms with Crippen LogP contribution in [0.4, 0.5) is 19.0 Å². The molecule has 0 radical (unpaired) electrons. The van der Waals surface area contributed by atoms with E-state index in [1.807, 2.05) is 64.0 Å². The van der Waals surface area contributed by atoms with Crippen LogP contribution in [-0.2, 0) is 28.0 Å². The van der Waals surface area contributed by atoms with Crippen molar-refractivity contribution in [3.63, 3.8) is 0 Å². The number of hydrogen-bond acceptors (Lipinski definition) is 7. The number of carboxylic acid groups (broad SMARTS) is 1. The third kappa shape index (κ3) is 6.08. The van der Waals surface area contributed by atoms with Crippen LogP contribution in [0, 0.1) is 11.3 Å². The maximum absolute atomic E-state index is 14.7. The van der Waals surface area contributed by atoms with Crippen molar-refractivity contribution < 1.29 is 37.3 Å². The molecule has 2 N–H and O–H groups in total. The molecular weight excluding hydrogens is 637 g/mol. The molecule has 2 aromatic carbocycles. The zero-order valence-corrected chi connectivity index (χ0v) is 28.5. The van der Waals surface area contributed by atoms with Crippen LogP contribution >= 0.6 is 0 Å². The second-order valence-corrected chi connectivity index (χ2v) is 14.6. The summed E-state index contributed by atoms with van der Waals surface area (Å²) < 4.78 is 54.2. The quantitative estimate of drug-likeness (QED) is 0.288. The highest BCUT2D eigenvalue weighted by Gasteiger charge is 2.64. The fraction of sp³-hybridized carbons (Fsp3) is 0.486. The number of hydrogen-bond donors (Lipinski definition) is 2. The lowest BCUT2D eigenvalue weighted by atomic mass is 9.72. The van der Waals surface area contributed by atoms with Crippen LogP contribution in [0.3, 0.4) is 0 Å². The minimum absolute atomic E-state index is 0.0191. The van der Waals surface area contributed by atoms with E-state index < -0.39 is 59.0 Å². The maximum atomic E-state index is 14.7. The number of carbonyl (C=O) groups is 2. The molecule has 262 valence electrons. The highest BCUT2D eigenvalue weighted by atomic mass is 19.4. The molecule has 49 heavy (non-hydrogen) atoms. The number of amides is 1. The monoisotopic (exact) mass is 680 g/mol. The number of benzene rings is 2. The number of para-hydroxylation sites is 1. The molecule has 0 spiro atoms. The molecule has 3 aliphatic rings. The van der Waals surface area contributed by atoms with Gasteiger partial charge in [0.1, 0.15) is 23.4 Å². The van der Waals surface area contributed by atoms with Crippen molar-refractivity contribution in [1.82, 2.24) is 15.2 Å². The van der Waals surface area contributed by atoms with E-state index >= 15 is 0 Å². The number of ether oxygens (including phenoxy) is 2. The Kier molecular flexibility index (Phi) is 8.83. The number of methoxy groups -OCH3 is 1. The van der Waals surface area contributed by atoms with Crippen molar-refractivity contribution in [2.24, 2.45) is 11.3 Å². The SMILES string of the molecule is COc1ccc(C2(C(F)(F)F)CC2)cc1CN[C@H]1[C@H](C(C)(C)C)[C@@H](C(=O)O)N(C(=O)[C@@H]2Cc3ccccc3O2)[C@H]1c1cccnc1N(C)C. The van der Waals surface area contributed by atoms with Gasteiger partial charge >= 0.3 is 12.1 Å². The van der Waals surface area contributed by atoms with E-state index in [0.717, 1.165) is 5.56 Å². The summed E-state index contributed by atoms with van der Waals surface area (Å²) >= 11 is 0. The Bertz CT molecular complexity index is 1710. The number of alkyl halides is 3. The summed E-state index contributed by atoms with van der Waals surface area (Å²) in [7, 11) is 5.12. The molecule has 9 nitrogen and oxygen atoms in total. The first-order valence-electron chi connectivity index (χ1n) is 16.5. The number of nitrogens with zero attached hydrogens (tertiary/aromatic N) is 3. The van der Waals surface area contributed by atoms with E-state index in [1.165, 1.54) is 18.1 Å². The van der Waals surface area contributed by atoms with Gasteiger partial charge in [-0.05, 0) is 53.6 Å². The Morgan fingerprint density at radius 2 is 1.82 bits per heavy atom. The molecule has 3 heterocycles. The Labute approximate surface area is 284 Å². The van der Waals surface area contributed by atoms with E-state index in [2.05, 4.69) is 10.3 Å². The highest BCUT2D eigenvalue weighted by Crippen LogP contribution is 2.59. The lowest BCUT2D eigenvalue weighted by molar-refractivity contribution is -0.160. The molecule has 0 unspecified atom stereocenters. The maximum Gasteiger partial charge on any atom is 0.398 e. The Hall–Kier alpha value is -4.32. The van der Waals surface area contributed by atoms with Gasteiger partial charge in [0.2, 0.25) is 0 Å². The number of anilines is 1. The molecule has 1 amide bonds. The minimum Gasteiger partial charge on any atom is -0.496 e. The van der Waals surface area contributed by atoms with Crippen LogP contribution in [0.25, 0.3) is 0 Å². The predicted octanol–water partition coefficient (Wildman–Crippen LogP) is 5.91. The summed E-state index contributed by atoms with van der Waals surface area (Å²) in [6.45, 7) is 5.88. The van der Waals surface area contributed by atoms with Crippen molar-refractivity contribution in [1.29, 1.82) is 0 Å². The van der Waals surface area contributed by atoms with Crippen LogP contribution in [0.15, 0.2) is 60.8 Å². The van der Waals surface area contributed by atoms with E-state index in [9.17, 15) is 27.9 Å². The van der Waals surface area contributed by atoms with Crippen LogP contribution < -0.4 is 19.7 Å². The first-order chi connectivity index (χ1) is 23.1. The van der Waals surface area contributed by atoms with Gasteiger partial charge in [0.25, 0.3) is 5.91 Å². The molecule has 2 fully saturated rings. The first-order valence-corrected chi connectivity index (χ1v) is 16.5. The lowest BCUT2D eigenvalue weighted by Crippen LogP contribution is -2.51. The van der Waals surface area contributed by atoms with Gasteiger partial charge in [-0.25, -0.2) is 9.78 Å². The molecule has 0 bridgehead atoms. The van der Waals surface area contributed by atoms with Gasteiger partial charge in [0.15, 0.2) is 6.10 Å². The Morgan fingerprint density at radius 3 is 2.41 bits per heavy atom. The van der Waals surface area contributed by atoms with Crippen molar-refractivity contribution >= 4 is 17.7 Å². The average Bonchev–Trinajstić information content (AvgIpc) is 3.64. The average molecular weight is 681 g/mol. The third-order valence-electron chi connectivity index (χ3n) is 10.3. The summed E-state index contributed by atoms with van der Waals surface area (Å²) in [6.07, 6.45) is -3.35. The number of carbonyl (C=O) groups excluding carboxylic acids is 1. The normalized spacial score (nSPS) is 24.3. The van der Waals surface area contributed by atoms with Gasteiger partial charge in [0.05, 0.1) is 18.6 Å². The van der Waals surface area contributed by atoms with Crippen LogP contribution in [0.5, 0.6) is 11.5 Å². The van der Waals surface area contributed by atoms with Crippen LogP contribution in [0.2, 0.25) is 0 Å². The number of nitrogens with one attached hydrogen (secondary N) is 1. The third-order valence-corrected chi connectivity index (χ3v) is 10.3. The fourth-order valence-electron chi connectivity index (χ4n) is 7.86. The minimum atomic E-state index is -4.39. The fourth-order valence-corrected chi connectivity index (χ4v) is 7.86. The second kappa shape index (κ2) is 12.5. The molecule has 2 aliphatic heterocycles. The summed E-state index contributed by atoms with van der Waals surface area (Å²) in [6, 6.07) is 12.8. The summed E-state index contributed by atoms with van der Waals surface area (Å²) in [5, 5.41) is 14.5. The van der Waals surface area contributed by atoms with Crippen LogP contribution in [0.1, 0.15) is 61.9 Å². The summed E-state index contributed by atoms with van der Waals surface area (Å²) in [5.41, 5.74) is -0.346. The number of likely N-dealkylation sites (tertiary alicyclic amines) is 1. The van der Waals surface area contributed by atoms with Crippen molar-refractivity contribution in [3.8, 4) is 11.5 Å². The summed E-state index contributed by atoms with van der Waals surface area (Å²) in [4.78, 5) is 35.9. The molecule has 1 saturated carbocycles. The number of halogens is 3. The molecule has 6 rings (SSSR count). The van der Waals surface area contributed by atoms with E-state index in [-0.39, 0.29) is 24.9 Å². The van der Waals surface area contributed by atoms with E-state index in [0.29, 0.717) is 34.9 Å². The van der Waals surface area contributed by atoms with Gasteiger partial charge < -0.3 is 29.7 Å². The molecular formula is C37H43F3N4O5.